The second-order valence-corrected chi connectivity index (χ2v) is 20.6. The van der Waals surface area contributed by atoms with Gasteiger partial charge < -0.3 is 14.2 Å². The first-order valence-electron chi connectivity index (χ1n) is 31.2. The van der Waals surface area contributed by atoms with Crippen molar-refractivity contribution in [2.45, 2.75) is 303 Å². The Morgan fingerprint density at radius 2 is 0.527 bits per heavy atom. The van der Waals surface area contributed by atoms with Crippen LogP contribution < -0.4 is 0 Å². The molecule has 0 fully saturated rings. The topological polar surface area (TPSA) is 78.9 Å². The Bertz CT molecular complexity index is 1460. The molecule has 0 bridgehead atoms. The van der Waals surface area contributed by atoms with Gasteiger partial charge in [0.25, 0.3) is 0 Å². The smallest absolute Gasteiger partial charge is 0.306 e. The van der Waals surface area contributed by atoms with E-state index in [1.807, 2.05) is 0 Å². The van der Waals surface area contributed by atoms with E-state index < -0.39 is 6.10 Å². The molecule has 0 aromatic carbocycles. The molecule has 74 heavy (non-hydrogen) atoms. The lowest BCUT2D eigenvalue weighted by atomic mass is 10.0. The lowest BCUT2D eigenvalue weighted by Crippen LogP contribution is -2.30. The molecular formula is C68H116O6. The lowest BCUT2D eigenvalue weighted by molar-refractivity contribution is -0.167. The molecular weight excluding hydrogens is 913 g/mol. The molecule has 0 aliphatic rings. The quantitative estimate of drug-likeness (QED) is 0.0261. The van der Waals surface area contributed by atoms with Gasteiger partial charge in [0, 0.05) is 19.3 Å². The van der Waals surface area contributed by atoms with Gasteiger partial charge in [0.05, 0.1) is 0 Å². The third-order valence-corrected chi connectivity index (χ3v) is 13.3. The summed E-state index contributed by atoms with van der Waals surface area (Å²) in [5.41, 5.74) is 0. The Morgan fingerprint density at radius 3 is 0.851 bits per heavy atom. The van der Waals surface area contributed by atoms with Gasteiger partial charge in [0.15, 0.2) is 6.10 Å². The summed E-state index contributed by atoms with van der Waals surface area (Å²) in [6, 6.07) is 0. The van der Waals surface area contributed by atoms with Crippen molar-refractivity contribution in [2.24, 2.45) is 0 Å². The fourth-order valence-corrected chi connectivity index (χ4v) is 8.61. The van der Waals surface area contributed by atoms with Crippen molar-refractivity contribution in [1.82, 2.24) is 0 Å². The number of hydrogen-bond acceptors (Lipinski definition) is 6. The molecule has 0 spiro atoms. The molecule has 1 unspecified atom stereocenters. The van der Waals surface area contributed by atoms with Crippen LogP contribution in [0.25, 0.3) is 0 Å². The molecule has 0 rings (SSSR count). The number of carbonyl (C=O) groups excluding carboxylic acids is 3. The minimum atomic E-state index is -0.799. The van der Waals surface area contributed by atoms with Crippen molar-refractivity contribution in [3.05, 3.63) is 97.2 Å². The summed E-state index contributed by atoms with van der Waals surface area (Å²) in [7, 11) is 0. The summed E-state index contributed by atoms with van der Waals surface area (Å²) in [6.07, 6.45) is 82.7. The summed E-state index contributed by atoms with van der Waals surface area (Å²) in [5.74, 6) is -0.934. The van der Waals surface area contributed by atoms with Crippen LogP contribution in [0.3, 0.4) is 0 Å². The zero-order valence-corrected chi connectivity index (χ0v) is 48.6. The van der Waals surface area contributed by atoms with Crippen molar-refractivity contribution >= 4 is 17.9 Å². The largest absolute Gasteiger partial charge is 0.462 e. The average molecular weight is 1030 g/mol. The Morgan fingerprint density at radius 1 is 0.284 bits per heavy atom. The maximum absolute atomic E-state index is 12.9. The standard InChI is InChI=1S/C68H116O6/c1-4-7-10-13-16-19-22-25-27-29-30-31-32-33-34-35-36-37-38-39-41-43-46-49-52-55-58-61-67(70)73-64-65(63-72-66(69)60-57-54-51-48-45-42-24-21-18-15-12-9-6-3)74-68(71)62-59-56-53-50-47-44-40-28-26-23-20-17-14-11-8-5-2/h9,12,18,20-23,25,28-30,32-33,40,42,45,65H,4-8,10-11,13-17,19,24,26-27,31,34-39,41,43-44,46-64H2,1-3H3/b12-9-,21-18-,23-20-,25-22-,30-29-,33-32-,40-28-,45-42-. The second-order valence-electron chi connectivity index (χ2n) is 20.6. The molecule has 0 aliphatic heterocycles. The number of ether oxygens (including phenoxy) is 3. The molecule has 1 atom stereocenters. The van der Waals surface area contributed by atoms with Gasteiger partial charge >= 0.3 is 17.9 Å². The summed E-state index contributed by atoms with van der Waals surface area (Å²) < 4.78 is 16.9. The molecule has 6 heteroatoms. The highest BCUT2D eigenvalue weighted by molar-refractivity contribution is 5.71. The molecule has 6 nitrogen and oxygen atoms in total. The van der Waals surface area contributed by atoms with Crippen LogP contribution in [0.5, 0.6) is 0 Å². The van der Waals surface area contributed by atoms with Gasteiger partial charge in [-0.15, -0.1) is 0 Å². The molecule has 0 aromatic rings. The van der Waals surface area contributed by atoms with Crippen LogP contribution in [0, 0.1) is 0 Å². The van der Waals surface area contributed by atoms with E-state index in [1.54, 1.807) is 0 Å². The molecule has 0 aromatic heterocycles. The maximum atomic E-state index is 12.9. The Labute approximate surface area is 457 Å². The van der Waals surface area contributed by atoms with Gasteiger partial charge in [0.1, 0.15) is 13.2 Å². The molecule has 0 radical (unpaired) electrons. The van der Waals surface area contributed by atoms with Crippen molar-refractivity contribution in [3.8, 4) is 0 Å². The highest BCUT2D eigenvalue weighted by Crippen LogP contribution is 2.15. The van der Waals surface area contributed by atoms with Crippen LogP contribution in [-0.4, -0.2) is 37.2 Å². The highest BCUT2D eigenvalue weighted by atomic mass is 16.6. The van der Waals surface area contributed by atoms with Gasteiger partial charge in [-0.05, 0) is 122 Å². The monoisotopic (exact) mass is 1030 g/mol. The first-order valence-corrected chi connectivity index (χ1v) is 31.2. The molecule has 0 amide bonds. The normalized spacial score (nSPS) is 12.7. The average Bonchev–Trinajstić information content (AvgIpc) is 3.40. The minimum Gasteiger partial charge on any atom is -0.462 e. The van der Waals surface area contributed by atoms with E-state index in [-0.39, 0.29) is 31.1 Å². The summed E-state index contributed by atoms with van der Waals surface area (Å²) in [5, 5.41) is 0. The van der Waals surface area contributed by atoms with Crippen LogP contribution in [0.15, 0.2) is 97.2 Å². The fraction of sp³-hybridized carbons (Fsp3) is 0.721. The molecule has 0 aliphatic carbocycles. The molecule has 0 heterocycles. The van der Waals surface area contributed by atoms with E-state index in [0.717, 1.165) is 122 Å². The zero-order valence-electron chi connectivity index (χ0n) is 48.6. The van der Waals surface area contributed by atoms with Crippen LogP contribution in [0.1, 0.15) is 297 Å². The minimum absolute atomic E-state index is 0.0935. The SMILES string of the molecule is CC/C=C\C/C=C\C/C=C\CCCCCC(=O)OCC(COC(=O)CCCCCCCCCCCCCC/C=C\C/C=C\C/C=C\CCCCCCC)OC(=O)CCCCCCC/C=C\C/C=C\CCCCCC. The van der Waals surface area contributed by atoms with Crippen LogP contribution in [0.2, 0.25) is 0 Å². The Hall–Kier alpha value is -3.67. The van der Waals surface area contributed by atoms with E-state index >= 15 is 0 Å². The van der Waals surface area contributed by atoms with Crippen LogP contribution in [0.4, 0.5) is 0 Å². The number of unbranched alkanes of at least 4 members (excludes halogenated alkanes) is 29. The number of hydrogen-bond donors (Lipinski definition) is 0. The first-order chi connectivity index (χ1) is 36.5. The second kappa shape index (κ2) is 61.9. The van der Waals surface area contributed by atoms with Gasteiger partial charge in [-0.25, -0.2) is 0 Å². The predicted octanol–water partition coefficient (Wildman–Crippen LogP) is 21.3. The first kappa shape index (κ1) is 70.3. The molecule has 0 saturated carbocycles. The number of esters is 3. The van der Waals surface area contributed by atoms with E-state index in [9.17, 15) is 14.4 Å². The highest BCUT2D eigenvalue weighted by Gasteiger charge is 2.19. The van der Waals surface area contributed by atoms with E-state index in [4.69, 9.17) is 14.2 Å². The Balaban J connectivity index is 4.31. The maximum Gasteiger partial charge on any atom is 0.306 e. The molecule has 424 valence electrons. The summed E-state index contributed by atoms with van der Waals surface area (Å²) >= 11 is 0. The summed E-state index contributed by atoms with van der Waals surface area (Å²) in [4.78, 5) is 38.2. The van der Waals surface area contributed by atoms with Gasteiger partial charge in [-0.3, -0.25) is 14.4 Å². The number of rotatable bonds is 56. The molecule has 0 N–H and O–H groups in total. The Kier molecular flexibility index (Phi) is 58.8. The van der Waals surface area contributed by atoms with Crippen LogP contribution in [-0.2, 0) is 28.6 Å². The van der Waals surface area contributed by atoms with E-state index in [1.165, 1.54) is 135 Å². The van der Waals surface area contributed by atoms with Crippen molar-refractivity contribution < 1.29 is 28.6 Å². The van der Waals surface area contributed by atoms with Crippen molar-refractivity contribution in [3.63, 3.8) is 0 Å². The van der Waals surface area contributed by atoms with Crippen LogP contribution >= 0.6 is 0 Å². The number of allylic oxidation sites excluding steroid dienone is 16. The van der Waals surface area contributed by atoms with E-state index in [2.05, 4.69) is 118 Å². The third-order valence-electron chi connectivity index (χ3n) is 13.3. The van der Waals surface area contributed by atoms with E-state index in [0.29, 0.717) is 19.3 Å². The zero-order chi connectivity index (χ0) is 53.6. The number of carbonyl (C=O) groups is 3. The van der Waals surface area contributed by atoms with Gasteiger partial charge in [0.2, 0.25) is 0 Å². The predicted molar refractivity (Wildman–Crippen MR) is 320 cm³/mol. The van der Waals surface area contributed by atoms with Gasteiger partial charge in [-0.2, -0.15) is 0 Å². The fourth-order valence-electron chi connectivity index (χ4n) is 8.61. The molecule has 0 saturated heterocycles. The van der Waals surface area contributed by atoms with Gasteiger partial charge in [-0.1, -0.05) is 253 Å². The lowest BCUT2D eigenvalue weighted by Gasteiger charge is -2.18. The van der Waals surface area contributed by atoms with Crippen molar-refractivity contribution in [2.75, 3.05) is 13.2 Å². The summed E-state index contributed by atoms with van der Waals surface area (Å²) in [6.45, 7) is 6.47. The van der Waals surface area contributed by atoms with Crippen molar-refractivity contribution in [1.29, 1.82) is 0 Å². The third kappa shape index (κ3) is 59.2.